The number of fused-ring (bicyclic) bond motifs is 1. The van der Waals surface area contributed by atoms with Crippen LogP contribution in [0.15, 0.2) is 36.8 Å². The van der Waals surface area contributed by atoms with Crippen LogP contribution in [-0.4, -0.2) is 53.1 Å². The Balaban J connectivity index is 1.66. The molecule has 0 amide bonds. The van der Waals surface area contributed by atoms with E-state index < -0.39 is 0 Å². The quantitative estimate of drug-likeness (QED) is 0.790. The Morgan fingerprint density at radius 1 is 1.09 bits per heavy atom. The molecular weight excluding hydrogens is 293 g/mol. The summed E-state index contributed by atoms with van der Waals surface area (Å²) in [6.07, 6.45) is 5.37. The summed E-state index contributed by atoms with van der Waals surface area (Å²) in [5.41, 5.74) is 2.42. The molecule has 3 aromatic rings. The highest BCUT2D eigenvalue weighted by Gasteiger charge is 2.16. The van der Waals surface area contributed by atoms with E-state index in [1.807, 2.05) is 12.3 Å². The molecule has 1 aliphatic rings. The SMILES string of the molecule is CN1CCN(c2ncc(-c3cc(F)cc4[nH]ccc34)cn2)CC1. The number of anilines is 1. The number of likely N-dealkylation sites (N-methyl/N-ethyl adjacent to an activating group) is 1. The zero-order valence-corrected chi connectivity index (χ0v) is 13.0. The molecule has 1 aliphatic heterocycles. The van der Waals surface area contributed by atoms with Crippen molar-refractivity contribution in [1.82, 2.24) is 19.9 Å². The largest absolute Gasteiger partial charge is 0.361 e. The van der Waals surface area contributed by atoms with Crippen LogP contribution in [0.2, 0.25) is 0 Å². The van der Waals surface area contributed by atoms with Crippen LogP contribution in [0.4, 0.5) is 10.3 Å². The molecule has 0 unspecified atom stereocenters. The lowest BCUT2D eigenvalue weighted by atomic mass is 10.0. The van der Waals surface area contributed by atoms with Gasteiger partial charge in [-0.15, -0.1) is 0 Å². The summed E-state index contributed by atoms with van der Waals surface area (Å²) in [5.74, 6) is 0.474. The highest BCUT2D eigenvalue weighted by atomic mass is 19.1. The number of piperazine rings is 1. The molecule has 1 N–H and O–H groups in total. The molecule has 1 aromatic carbocycles. The number of nitrogens with one attached hydrogen (secondary N) is 1. The number of halogens is 1. The van der Waals surface area contributed by atoms with Gasteiger partial charge < -0.3 is 14.8 Å². The molecule has 0 saturated carbocycles. The Bertz CT molecular complexity index is 819. The molecular formula is C17H18FN5. The Labute approximate surface area is 133 Å². The van der Waals surface area contributed by atoms with Crippen LogP contribution in [0.25, 0.3) is 22.0 Å². The first-order valence-electron chi connectivity index (χ1n) is 7.73. The van der Waals surface area contributed by atoms with Gasteiger partial charge in [-0.1, -0.05) is 0 Å². The average molecular weight is 311 g/mol. The molecule has 4 rings (SSSR count). The summed E-state index contributed by atoms with van der Waals surface area (Å²) in [4.78, 5) is 16.5. The number of H-pyrrole nitrogens is 1. The smallest absolute Gasteiger partial charge is 0.225 e. The van der Waals surface area contributed by atoms with E-state index in [0.717, 1.165) is 54.2 Å². The minimum absolute atomic E-state index is 0.266. The fourth-order valence-corrected chi connectivity index (χ4v) is 3.00. The number of rotatable bonds is 2. The Hall–Kier alpha value is -2.47. The Kier molecular flexibility index (Phi) is 3.46. The normalized spacial score (nSPS) is 16.2. The third-order valence-corrected chi connectivity index (χ3v) is 4.37. The minimum atomic E-state index is -0.266. The number of aromatic nitrogens is 3. The molecule has 118 valence electrons. The van der Waals surface area contributed by atoms with Crippen molar-refractivity contribution in [1.29, 1.82) is 0 Å². The van der Waals surface area contributed by atoms with Crippen molar-refractivity contribution >= 4 is 16.9 Å². The standard InChI is InChI=1S/C17H18FN5/c1-22-4-6-23(7-5-22)17-20-10-12(11-21-17)15-8-13(18)9-16-14(15)2-3-19-16/h2-3,8-11,19H,4-7H2,1H3. The lowest BCUT2D eigenvalue weighted by Crippen LogP contribution is -2.45. The maximum atomic E-state index is 13.8. The first kappa shape index (κ1) is 14.1. The number of hydrogen-bond donors (Lipinski definition) is 1. The zero-order chi connectivity index (χ0) is 15.8. The van der Waals surface area contributed by atoms with E-state index in [2.05, 4.69) is 31.8 Å². The molecule has 0 spiro atoms. The highest BCUT2D eigenvalue weighted by molar-refractivity contribution is 5.94. The fraction of sp³-hybridized carbons (Fsp3) is 0.294. The Morgan fingerprint density at radius 2 is 1.83 bits per heavy atom. The van der Waals surface area contributed by atoms with Crippen LogP contribution in [0.1, 0.15) is 0 Å². The van der Waals surface area contributed by atoms with Gasteiger partial charge in [0.05, 0.1) is 0 Å². The molecule has 23 heavy (non-hydrogen) atoms. The van der Waals surface area contributed by atoms with Gasteiger partial charge in [0.2, 0.25) is 5.95 Å². The van der Waals surface area contributed by atoms with E-state index in [-0.39, 0.29) is 5.82 Å². The van der Waals surface area contributed by atoms with E-state index in [1.165, 1.54) is 12.1 Å². The van der Waals surface area contributed by atoms with E-state index in [1.54, 1.807) is 12.4 Å². The van der Waals surface area contributed by atoms with Crippen LogP contribution < -0.4 is 4.90 Å². The monoisotopic (exact) mass is 311 g/mol. The highest BCUT2D eigenvalue weighted by Crippen LogP contribution is 2.29. The van der Waals surface area contributed by atoms with Gasteiger partial charge in [-0.05, 0) is 30.8 Å². The van der Waals surface area contributed by atoms with Gasteiger partial charge in [0.25, 0.3) is 0 Å². The predicted molar refractivity (Wildman–Crippen MR) is 89.0 cm³/mol. The second-order valence-corrected chi connectivity index (χ2v) is 5.95. The van der Waals surface area contributed by atoms with E-state index in [4.69, 9.17) is 0 Å². The van der Waals surface area contributed by atoms with E-state index >= 15 is 0 Å². The number of nitrogens with zero attached hydrogens (tertiary/aromatic N) is 4. The van der Waals surface area contributed by atoms with E-state index in [0.29, 0.717) is 0 Å². The van der Waals surface area contributed by atoms with Gasteiger partial charge >= 0.3 is 0 Å². The first-order valence-corrected chi connectivity index (χ1v) is 7.73. The molecule has 0 bridgehead atoms. The van der Waals surface area contributed by atoms with Gasteiger partial charge in [-0.2, -0.15) is 0 Å². The van der Waals surface area contributed by atoms with Crippen molar-refractivity contribution in [2.75, 3.05) is 38.1 Å². The summed E-state index contributed by atoms with van der Waals surface area (Å²) < 4.78 is 13.8. The van der Waals surface area contributed by atoms with Gasteiger partial charge in [0.1, 0.15) is 5.82 Å². The van der Waals surface area contributed by atoms with Crippen LogP contribution in [-0.2, 0) is 0 Å². The molecule has 0 radical (unpaired) electrons. The molecule has 0 atom stereocenters. The maximum Gasteiger partial charge on any atom is 0.225 e. The number of benzene rings is 1. The summed E-state index contributed by atoms with van der Waals surface area (Å²) in [7, 11) is 2.12. The maximum absolute atomic E-state index is 13.8. The van der Waals surface area contributed by atoms with Crippen molar-refractivity contribution in [2.24, 2.45) is 0 Å². The summed E-state index contributed by atoms with van der Waals surface area (Å²) >= 11 is 0. The van der Waals surface area contributed by atoms with Crippen LogP contribution in [0.5, 0.6) is 0 Å². The fourth-order valence-electron chi connectivity index (χ4n) is 3.00. The van der Waals surface area contributed by atoms with Crippen LogP contribution in [0, 0.1) is 5.82 Å². The van der Waals surface area contributed by atoms with Crippen LogP contribution in [0.3, 0.4) is 0 Å². The van der Waals surface area contributed by atoms with Crippen molar-refractivity contribution < 1.29 is 4.39 Å². The van der Waals surface area contributed by atoms with Crippen molar-refractivity contribution in [3.8, 4) is 11.1 Å². The van der Waals surface area contributed by atoms with Crippen molar-refractivity contribution in [3.05, 3.63) is 42.6 Å². The van der Waals surface area contributed by atoms with E-state index in [9.17, 15) is 4.39 Å². The second kappa shape index (κ2) is 5.62. The van der Waals surface area contributed by atoms with Crippen LogP contribution >= 0.6 is 0 Å². The van der Waals surface area contributed by atoms with Crippen molar-refractivity contribution in [2.45, 2.75) is 0 Å². The van der Waals surface area contributed by atoms with Gasteiger partial charge in [-0.3, -0.25) is 0 Å². The van der Waals surface area contributed by atoms with Gasteiger partial charge in [0, 0.05) is 61.2 Å². The summed E-state index contributed by atoms with van der Waals surface area (Å²) in [6, 6.07) is 4.97. The molecule has 2 aromatic heterocycles. The average Bonchev–Trinajstić information content (AvgIpc) is 3.03. The third kappa shape index (κ3) is 2.66. The minimum Gasteiger partial charge on any atom is -0.361 e. The lowest BCUT2D eigenvalue weighted by molar-refractivity contribution is 0.311. The molecule has 1 saturated heterocycles. The lowest BCUT2D eigenvalue weighted by Gasteiger charge is -2.32. The number of aromatic amines is 1. The first-order chi connectivity index (χ1) is 11.2. The number of hydrogen-bond acceptors (Lipinski definition) is 4. The second-order valence-electron chi connectivity index (χ2n) is 5.95. The Morgan fingerprint density at radius 3 is 2.57 bits per heavy atom. The topological polar surface area (TPSA) is 48.0 Å². The summed E-state index contributed by atoms with van der Waals surface area (Å²) in [6.45, 7) is 3.88. The summed E-state index contributed by atoms with van der Waals surface area (Å²) in [5, 5.41) is 0.974. The molecule has 0 aliphatic carbocycles. The predicted octanol–water partition coefficient (Wildman–Crippen LogP) is 2.52. The van der Waals surface area contributed by atoms with Crippen molar-refractivity contribution in [3.63, 3.8) is 0 Å². The van der Waals surface area contributed by atoms with Gasteiger partial charge in [0.15, 0.2) is 0 Å². The third-order valence-electron chi connectivity index (χ3n) is 4.37. The molecule has 5 nitrogen and oxygen atoms in total. The zero-order valence-electron chi connectivity index (χ0n) is 13.0. The van der Waals surface area contributed by atoms with Gasteiger partial charge in [-0.25, -0.2) is 14.4 Å². The molecule has 1 fully saturated rings. The molecule has 6 heteroatoms. The molecule has 3 heterocycles.